The maximum Gasteiger partial charge on any atom is 0.131 e. The molecule has 96 valence electrons. The van der Waals surface area contributed by atoms with Gasteiger partial charge < -0.3 is 5.32 Å². The lowest BCUT2D eigenvalue weighted by Gasteiger charge is -2.12. The summed E-state index contributed by atoms with van der Waals surface area (Å²) in [6.45, 7) is 6.18. The summed E-state index contributed by atoms with van der Waals surface area (Å²) in [6, 6.07) is 2.03. The van der Waals surface area contributed by atoms with E-state index in [0.29, 0.717) is 0 Å². The van der Waals surface area contributed by atoms with E-state index in [1.54, 1.807) is 11.3 Å². The second-order valence-electron chi connectivity index (χ2n) is 4.02. The third kappa shape index (κ3) is 3.26. The topological polar surface area (TPSA) is 50.7 Å². The van der Waals surface area contributed by atoms with Gasteiger partial charge in [-0.3, -0.25) is 0 Å². The number of anilines is 1. The standard InChI is InChI=1S/C12H15BrN4S/c1-4-10-16-9(13)5-11(17-10)15-8(3)12-14-6-7(2)18-12/h5-6,8H,4H2,1-3H3,(H,15,16,17). The van der Waals surface area contributed by atoms with Gasteiger partial charge in [0.25, 0.3) is 0 Å². The summed E-state index contributed by atoms with van der Waals surface area (Å²) in [6.07, 6.45) is 2.71. The molecule has 0 saturated carbocycles. The van der Waals surface area contributed by atoms with Gasteiger partial charge in [0.05, 0.1) is 6.04 Å². The van der Waals surface area contributed by atoms with Crippen LogP contribution in [0.2, 0.25) is 0 Å². The van der Waals surface area contributed by atoms with Gasteiger partial charge in [-0.1, -0.05) is 6.92 Å². The lowest BCUT2D eigenvalue weighted by atomic mass is 10.3. The Morgan fingerprint density at radius 3 is 2.83 bits per heavy atom. The van der Waals surface area contributed by atoms with E-state index in [4.69, 9.17) is 0 Å². The minimum absolute atomic E-state index is 0.148. The average molecular weight is 327 g/mol. The molecule has 2 rings (SSSR count). The summed E-state index contributed by atoms with van der Waals surface area (Å²) in [4.78, 5) is 14.3. The molecule has 0 radical (unpaired) electrons. The fourth-order valence-electron chi connectivity index (χ4n) is 1.55. The zero-order valence-electron chi connectivity index (χ0n) is 10.6. The Kier molecular flexibility index (Phi) is 4.29. The molecule has 0 spiro atoms. The van der Waals surface area contributed by atoms with E-state index in [0.717, 1.165) is 27.7 Å². The quantitative estimate of drug-likeness (QED) is 0.869. The summed E-state index contributed by atoms with van der Waals surface area (Å²) in [5.41, 5.74) is 0. The number of hydrogen-bond acceptors (Lipinski definition) is 5. The predicted octanol–water partition coefficient (Wildman–Crippen LogP) is 3.74. The maximum absolute atomic E-state index is 4.45. The van der Waals surface area contributed by atoms with E-state index in [1.165, 1.54) is 4.88 Å². The first-order valence-electron chi connectivity index (χ1n) is 5.80. The molecule has 0 aromatic carbocycles. The number of nitrogens with zero attached hydrogens (tertiary/aromatic N) is 3. The van der Waals surface area contributed by atoms with Crippen LogP contribution in [-0.2, 0) is 6.42 Å². The minimum atomic E-state index is 0.148. The van der Waals surface area contributed by atoms with Gasteiger partial charge in [-0.15, -0.1) is 11.3 Å². The van der Waals surface area contributed by atoms with Gasteiger partial charge in [0, 0.05) is 23.6 Å². The number of halogens is 1. The normalized spacial score (nSPS) is 12.4. The first-order chi connectivity index (χ1) is 8.58. The predicted molar refractivity (Wildman–Crippen MR) is 78.0 cm³/mol. The molecule has 4 nitrogen and oxygen atoms in total. The number of hydrogen-bond donors (Lipinski definition) is 1. The number of nitrogens with one attached hydrogen (secondary N) is 1. The molecule has 0 aliphatic carbocycles. The first-order valence-corrected chi connectivity index (χ1v) is 7.41. The molecule has 1 unspecified atom stereocenters. The van der Waals surface area contributed by atoms with E-state index in [9.17, 15) is 0 Å². The van der Waals surface area contributed by atoms with Gasteiger partial charge in [-0.05, 0) is 29.8 Å². The SMILES string of the molecule is CCc1nc(Br)cc(NC(C)c2ncc(C)s2)n1. The highest BCUT2D eigenvalue weighted by atomic mass is 79.9. The van der Waals surface area contributed by atoms with Crippen LogP contribution < -0.4 is 5.32 Å². The molecule has 2 heterocycles. The van der Waals surface area contributed by atoms with Crippen molar-refractivity contribution in [2.24, 2.45) is 0 Å². The van der Waals surface area contributed by atoms with Crippen LogP contribution in [0.15, 0.2) is 16.9 Å². The van der Waals surface area contributed by atoms with Crippen LogP contribution in [0.1, 0.15) is 35.6 Å². The molecule has 0 amide bonds. The van der Waals surface area contributed by atoms with Gasteiger partial charge in [0.15, 0.2) is 0 Å². The molecule has 18 heavy (non-hydrogen) atoms. The molecule has 1 N–H and O–H groups in total. The highest BCUT2D eigenvalue weighted by Gasteiger charge is 2.11. The summed E-state index contributed by atoms with van der Waals surface area (Å²) in [5, 5.41) is 4.42. The third-order valence-corrected chi connectivity index (χ3v) is 3.93. The molecule has 0 aliphatic heterocycles. The van der Waals surface area contributed by atoms with Crippen LogP contribution in [0.5, 0.6) is 0 Å². The van der Waals surface area contributed by atoms with Gasteiger partial charge in [0.2, 0.25) is 0 Å². The van der Waals surface area contributed by atoms with E-state index in [1.807, 2.05) is 19.2 Å². The van der Waals surface area contributed by atoms with Crippen molar-refractivity contribution in [1.82, 2.24) is 15.0 Å². The van der Waals surface area contributed by atoms with E-state index < -0.39 is 0 Å². The molecule has 0 fully saturated rings. The second-order valence-corrected chi connectivity index (χ2v) is 6.10. The average Bonchev–Trinajstić information content (AvgIpc) is 2.75. The molecular weight excluding hydrogens is 312 g/mol. The second kappa shape index (κ2) is 5.75. The van der Waals surface area contributed by atoms with E-state index in [-0.39, 0.29) is 6.04 Å². The van der Waals surface area contributed by atoms with Gasteiger partial charge >= 0.3 is 0 Å². The number of thiazole rings is 1. The lowest BCUT2D eigenvalue weighted by molar-refractivity contribution is 0.844. The van der Waals surface area contributed by atoms with Crippen LogP contribution in [0.3, 0.4) is 0 Å². The Hall–Kier alpha value is -1.01. The Morgan fingerprint density at radius 1 is 1.44 bits per heavy atom. The summed E-state index contributed by atoms with van der Waals surface area (Å²) < 4.78 is 0.805. The fourth-order valence-corrected chi connectivity index (χ4v) is 2.75. The highest BCUT2D eigenvalue weighted by molar-refractivity contribution is 9.10. The smallest absolute Gasteiger partial charge is 0.131 e. The Morgan fingerprint density at radius 2 is 2.22 bits per heavy atom. The molecule has 0 saturated heterocycles. The van der Waals surface area contributed by atoms with Crippen molar-refractivity contribution in [3.05, 3.63) is 32.6 Å². The Balaban J connectivity index is 2.16. The molecule has 1 atom stereocenters. The number of aryl methyl sites for hydroxylation is 2. The number of aromatic nitrogens is 3. The summed E-state index contributed by atoms with van der Waals surface area (Å²) in [5.74, 6) is 1.66. The lowest BCUT2D eigenvalue weighted by Crippen LogP contribution is -2.09. The fraction of sp³-hybridized carbons (Fsp3) is 0.417. The van der Waals surface area contributed by atoms with Crippen molar-refractivity contribution in [2.45, 2.75) is 33.2 Å². The van der Waals surface area contributed by atoms with Crippen molar-refractivity contribution in [1.29, 1.82) is 0 Å². The largest absolute Gasteiger partial charge is 0.361 e. The van der Waals surface area contributed by atoms with Crippen molar-refractivity contribution >= 4 is 33.1 Å². The molecule has 0 aliphatic rings. The number of rotatable bonds is 4. The van der Waals surface area contributed by atoms with E-state index in [2.05, 4.69) is 50.0 Å². The molecule has 0 bridgehead atoms. The van der Waals surface area contributed by atoms with Crippen LogP contribution in [0, 0.1) is 6.92 Å². The van der Waals surface area contributed by atoms with E-state index >= 15 is 0 Å². The van der Waals surface area contributed by atoms with Crippen LogP contribution in [0.4, 0.5) is 5.82 Å². The summed E-state index contributed by atoms with van der Waals surface area (Å²) in [7, 11) is 0. The molecular formula is C12H15BrN4S. The minimum Gasteiger partial charge on any atom is -0.361 e. The van der Waals surface area contributed by atoms with Crippen LogP contribution >= 0.6 is 27.3 Å². The zero-order valence-corrected chi connectivity index (χ0v) is 13.0. The molecule has 2 aromatic rings. The monoisotopic (exact) mass is 326 g/mol. The van der Waals surface area contributed by atoms with Crippen LogP contribution in [-0.4, -0.2) is 15.0 Å². The van der Waals surface area contributed by atoms with Gasteiger partial charge in [0.1, 0.15) is 21.3 Å². The highest BCUT2D eigenvalue weighted by Crippen LogP contribution is 2.23. The molecule has 2 aromatic heterocycles. The third-order valence-electron chi connectivity index (χ3n) is 2.43. The Labute approximate surface area is 119 Å². The maximum atomic E-state index is 4.45. The van der Waals surface area contributed by atoms with Crippen molar-refractivity contribution in [2.75, 3.05) is 5.32 Å². The van der Waals surface area contributed by atoms with Crippen molar-refractivity contribution < 1.29 is 0 Å². The molecule has 6 heteroatoms. The zero-order chi connectivity index (χ0) is 13.1. The van der Waals surface area contributed by atoms with Gasteiger partial charge in [-0.2, -0.15) is 0 Å². The Bertz CT molecular complexity index is 541. The summed E-state index contributed by atoms with van der Waals surface area (Å²) >= 11 is 5.10. The van der Waals surface area contributed by atoms with Crippen molar-refractivity contribution in [3.8, 4) is 0 Å². The van der Waals surface area contributed by atoms with Crippen LogP contribution in [0.25, 0.3) is 0 Å². The first kappa shape index (κ1) is 13.4. The van der Waals surface area contributed by atoms with Gasteiger partial charge in [-0.25, -0.2) is 15.0 Å². The van der Waals surface area contributed by atoms with Crippen molar-refractivity contribution in [3.63, 3.8) is 0 Å².